The van der Waals surface area contributed by atoms with E-state index in [0.29, 0.717) is 5.92 Å². The van der Waals surface area contributed by atoms with E-state index in [1.54, 1.807) is 0 Å². The van der Waals surface area contributed by atoms with Crippen molar-refractivity contribution in [2.75, 3.05) is 0 Å². The van der Waals surface area contributed by atoms with Crippen LogP contribution < -0.4 is 0 Å². The minimum absolute atomic E-state index is 0.175. The van der Waals surface area contributed by atoms with Crippen molar-refractivity contribution in [3.8, 4) is 11.5 Å². The van der Waals surface area contributed by atoms with E-state index in [1.807, 2.05) is 6.07 Å². The molecule has 0 spiro atoms. The lowest BCUT2D eigenvalue weighted by molar-refractivity contribution is 0.439. The van der Waals surface area contributed by atoms with Crippen LogP contribution in [0.5, 0.6) is 11.5 Å². The molecule has 0 bridgehead atoms. The Kier molecular flexibility index (Phi) is 5.11. The number of aryl methyl sites for hydroxylation is 1. The zero-order chi connectivity index (χ0) is 14.5. The summed E-state index contributed by atoms with van der Waals surface area (Å²) in [5.74, 6) is 0.739. The van der Waals surface area contributed by atoms with Gasteiger partial charge < -0.3 is 10.2 Å². The summed E-state index contributed by atoms with van der Waals surface area (Å²) in [4.78, 5) is 0. The normalized spacial score (nSPS) is 18.9. The van der Waals surface area contributed by atoms with Gasteiger partial charge in [-0.3, -0.25) is 0 Å². The maximum absolute atomic E-state index is 10.3. The molecule has 1 aliphatic rings. The average Bonchev–Trinajstić information content (AvgIpc) is 2.38. The Morgan fingerprint density at radius 2 is 2.00 bits per heavy atom. The van der Waals surface area contributed by atoms with E-state index in [9.17, 15) is 10.2 Å². The minimum Gasteiger partial charge on any atom is -0.508 e. The van der Waals surface area contributed by atoms with Gasteiger partial charge in [-0.15, -0.1) is 0 Å². The largest absolute Gasteiger partial charge is 0.508 e. The highest BCUT2D eigenvalue weighted by molar-refractivity contribution is 5.49. The molecule has 2 heteroatoms. The Hall–Kier alpha value is -1.44. The van der Waals surface area contributed by atoms with Gasteiger partial charge in [0.05, 0.1) is 0 Å². The van der Waals surface area contributed by atoms with E-state index in [0.717, 1.165) is 30.4 Å². The topological polar surface area (TPSA) is 40.5 Å². The molecule has 0 radical (unpaired) electrons. The van der Waals surface area contributed by atoms with Crippen molar-refractivity contribution in [3.63, 3.8) is 0 Å². The molecule has 1 aliphatic carbocycles. The molecule has 0 saturated heterocycles. The zero-order valence-electron chi connectivity index (χ0n) is 12.7. The van der Waals surface area contributed by atoms with Crippen LogP contribution in [0.2, 0.25) is 0 Å². The molecule has 0 aliphatic heterocycles. The van der Waals surface area contributed by atoms with Crippen molar-refractivity contribution in [1.82, 2.24) is 0 Å². The second-order valence-electron chi connectivity index (χ2n) is 6.01. The van der Waals surface area contributed by atoms with Crippen LogP contribution in [0.4, 0.5) is 0 Å². The predicted octanol–water partition coefficient (Wildman–Crippen LogP) is 5.04. The number of hydrogen-bond acceptors (Lipinski definition) is 2. The molecule has 110 valence electrons. The molecule has 0 amide bonds. The fraction of sp³-hybridized carbons (Fsp3) is 0.556. The van der Waals surface area contributed by atoms with Crippen molar-refractivity contribution in [3.05, 3.63) is 34.9 Å². The zero-order valence-corrected chi connectivity index (χ0v) is 12.7. The molecule has 2 rings (SSSR count). The van der Waals surface area contributed by atoms with Crippen molar-refractivity contribution < 1.29 is 10.2 Å². The molecule has 0 heterocycles. The van der Waals surface area contributed by atoms with Crippen LogP contribution >= 0.6 is 0 Å². The maximum Gasteiger partial charge on any atom is 0.123 e. The summed E-state index contributed by atoms with van der Waals surface area (Å²) in [6, 6.07) is 3.32. The van der Waals surface area contributed by atoms with Gasteiger partial charge in [0.25, 0.3) is 0 Å². The summed E-state index contributed by atoms with van der Waals surface area (Å²) < 4.78 is 0. The first-order valence-corrected chi connectivity index (χ1v) is 7.84. The van der Waals surface area contributed by atoms with Gasteiger partial charge in [0.1, 0.15) is 11.5 Å². The minimum atomic E-state index is 0.175. The second kappa shape index (κ2) is 6.83. The van der Waals surface area contributed by atoms with Gasteiger partial charge in [0.15, 0.2) is 0 Å². The summed E-state index contributed by atoms with van der Waals surface area (Å²) in [7, 11) is 0. The van der Waals surface area contributed by atoms with Gasteiger partial charge in [-0.05, 0) is 50.7 Å². The highest BCUT2D eigenvalue weighted by Crippen LogP contribution is 2.40. The third kappa shape index (κ3) is 3.56. The molecule has 1 aromatic rings. The molecular formula is C18H26O2. The highest BCUT2D eigenvalue weighted by Gasteiger charge is 2.21. The fourth-order valence-corrected chi connectivity index (χ4v) is 3.22. The predicted molar refractivity (Wildman–Crippen MR) is 83.3 cm³/mol. The monoisotopic (exact) mass is 274 g/mol. The second-order valence-corrected chi connectivity index (χ2v) is 6.01. The van der Waals surface area contributed by atoms with E-state index in [-0.39, 0.29) is 11.5 Å². The Balaban J connectivity index is 2.31. The number of phenolic OH excluding ortho intramolecular Hbond substituents is 2. The molecule has 1 aromatic carbocycles. The first kappa shape index (κ1) is 15.0. The number of benzene rings is 1. The molecule has 20 heavy (non-hydrogen) atoms. The van der Waals surface area contributed by atoms with Gasteiger partial charge in [-0.25, -0.2) is 0 Å². The number of hydrogen-bond donors (Lipinski definition) is 2. The van der Waals surface area contributed by atoms with E-state index >= 15 is 0 Å². The summed E-state index contributed by atoms with van der Waals surface area (Å²) in [5, 5.41) is 20.0. The molecule has 0 aromatic heterocycles. The van der Waals surface area contributed by atoms with Gasteiger partial charge in [-0.2, -0.15) is 0 Å². The van der Waals surface area contributed by atoms with E-state index in [1.165, 1.54) is 37.3 Å². The average molecular weight is 274 g/mol. The first-order valence-electron chi connectivity index (χ1n) is 7.84. The number of unbranched alkanes of at least 4 members (excludes halogenated alkanes) is 2. The number of aromatic hydroxyl groups is 2. The molecule has 0 fully saturated rings. The van der Waals surface area contributed by atoms with Crippen LogP contribution in [0.3, 0.4) is 0 Å². The lowest BCUT2D eigenvalue weighted by Crippen LogP contribution is -2.06. The van der Waals surface area contributed by atoms with Gasteiger partial charge in [-0.1, -0.05) is 31.4 Å². The Labute approximate surface area is 122 Å². The van der Waals surface area contributed by atoms with Gasteiger partial charge >= 0.3 is 0 Å². The van der Waals surface area contributed by atoms with E-state index < -0.39 is 0 Å². The van der Waals surface area contributed by atoms with Crippen LogP contribution in [-0.2, 0) is 6.42 Å². The van der Waals surface area contributed by atoms with E-state index in [2.05, 4.69) is 19.9 Å². The smallest absolute Gasteiger partial charge is 0.123 e. The molecular weight excluding hydrogens is 248 g/mol. The van der Waals surface area contributed by atoms with Crippen LogP contribution in [0.15, 0.2) is 23.8 Å². The number of phenols is 2. The summed E-state index contributed by atoms with van der Waals surface area (Å²) in [6.07, 6.45) is 10.2. The van der Waals surface area contributed by atoms with E-state index in [4.69, 9.17) is 0 Å². The number of allylic oxidation sites excluding steroid dienone is 2. The third-order valence-corrected chi connectivity index (χ3v) is 4.22. The SMILES string of the molecule is CCCCCc1cc(O)cc(O)c1C1C=C(C)CCC1. The van der Waals surface area contributed by atoms with Crippen molar-refractivity contribution in [2.45, 2.75) is 64.7 Å². The van der Waals surface area contributed by atoms with Gasteiger partial charge in [0.2, 0.25) is 0 Å². The Morgan fingerprint density at radius 1 is 1.20 bits per heavy atom. The van der Waals surface area contributed by atoms with Crippen LogP contribution in [0.25, 0.3) is 0 Å². The molecule has 2 nitrogen and oxygen atoms in total. The third-order valence-electron chi connectivity index (χ3n) is 4.22. The Bertz CT molecular complexity index is 488. The lowest BCUT2D eigenvalue weighted by Gasteiger charge is -2.23. The van der Waals surface area contributed by atoms with Crippen LogP contribution in [0, 0.1) is 0 Å². The van der Waals surface area contributed by atoms with Crippen LogP contribution in [-0.4, -0.2) is 10.2 Å². The molecule has 0 saturated carbocycles. The van der Waals surface area contributed by atoms with Crippen molar-refractivity contribution in [2.24, 2.45) is 0 Å². The maximum atomic E-state index is 10.3. The summed E-state index contributed by atoms with van der Waals surface area (Å²) in [6.45, 7) is 4.36. The summed E-state index contributed by atoms with van der Waals surface area (Å²) in [5.41, 5.74) is 3.57. The Morgan fingerprint density at radius 3 is 2.70 bits per heavy atom. The highest BCUT2D eigenvalue weighted by atomic mass is 16.3. The van der Waals surface area contributed by atoms with Crippen LogP contribution in [0.1, 0.15) is 69.4 Å². The van der Waals surface area contributed by atoms with Crippen molar-refractivity contribution in [1.29, 1.82) is 0 Å². The molecule has 2 N–H and O–H groups in total. The molecule has 1 atom stereocenters. The van der Waals surface area contributed by atoms with Gasteiger partial charge in [0, 0.05) is 17.5 Å². The summed E-state index contributed by atoms with van der Waals surface area (Å²) >= 11 is 0. The molecule has 1 unspecified atom stereocenters. The quantitative estimate of drug-likeness (QED) is 0.583. The standard InChI is InChI=1S/C18H26O2/c1-3-4-5-8-15-11-16(19)12-17(20)18(15)14-9-6-7-13(2)10-14/h10-12,14,19-20H,3-9H2,1-2H3. The lowest BCUT2D eigenvalue weighted by atomic mass is 9.82. The fourth-order valence-electron chi connectivity index (χ4n) is 3.22. The first-order chi connectivity index (χ1) is 9.61. The van der Waals surface area contributed by atoms with Crippen molar-refractivity contribution >= 4 is 0 Å². The number of rotatable bonds is 5.